The molecule has 0 aliphatic carbocycles. The monoisotopic (exact) mass is 299 g/mol. The van der Waals surface area contributed by atoms with Crippen LogP contribution in [0, 0.1) is 0 Å². The normalized spacial score (nSPS) is 13.0. The van der Waals surface area contributed by atoms with Gasteiger partial charge in [0, 0.05) is 6.54 Å². The highest BCUT2D eigenvalue weighted by molar-refractivity contribution is 4.60. The van der Waals surface area contributed by atoms with Crippen LogP contribution in [0.4, 0.5) is 0 Å². The van der Waals surface area contributed by atoms with Crippen LogP contribution in [0.3, 0.4) is 0 Å². The number of aliphatic hydroxyl groups excluding tert-OH is 1. The average molecular weight is 300 g/mol. The van der Waals surface area contributed by atoms with Crippen LogP contribution in [0.15, 0.2) is 0 Å². The molecule has 21 heavy (non-hydrogen) atoms. The molecule has 2 nitrogen and oxygen atoms in total. The molecule has 0 fully saturated rings. The second-order valence-electron chi connectivity index (χ2n) is 6.69. The van der Waals surface area contributed by atoms with E-state index < -0.39 is 0 Å². The summed E-state index contributed by atoms with van der Waals surface area (Å²) in [6.07, 6.45) is 17.4. The van der Waals surface area contributed by atoms with Gasteiger partial charge in [-0.05, 0) is 20.0 Å². The summed E-state index contributed by atoms with van der Waals surface area (Å²) in [6.45, 7) is 6.27. The van der Waals surface area contributed by atoms with Crippen molar-refractivity contribution in [1.29, 1.82) is 0 Å². The first kappa shape index (κ1) is 20.9. The summed E-state index contributed by atoms with van der Waals surface area (Å²) in [5.74, 6) is 0. The zero-order valence-electron chi connectivity index (χ0n) is 15.1. The van der Waals surface area contributed by atoms with Crippen molar-refractivity contribution in [3.63, 3.8) is 0 Å². The van der Waals surface area contributed by atoms with E-state index in [-0.39, 0.29) is 6.10 Å². The maximum absolute atomic E-state index is 9.87. The summed E-state index contributed by atoms with van der Waals surface area (Å²) in [7, 11) is 2.07. The Kier molecular flexibility index (Phi) is 16.2. The fraction of sp³-hybridized carbons (Fsp3) is 1.00. The van der Waals surface area contributed by atoms with Crippen molar-refractivity contribution in [1.82, 2.24) is 4.90 Å². The molecule has 0 radical (unpaired) electrons. The van der Waals surface area contributed by atoms with E-state index in [2.05, 4.69) is 25.8 Å². The quantitative estimate of drug-likeness (QED) is 0.386. The molecule has 0 aromatic carbocycles. The van der Waals surface area contributed by atoms with Crippen LogP contribution in [-0.4, -0.2) is 36.2 Å². The second-order valence-corrected chi connectivity index (χ2v) is 6.69. The Balaban J connectivity index is 3.12. The van der Waals surface area contributed by atoms with Gasteiger partial charge in [-0.1, -0.05) is 90.9 Å². The number of rotatable bonds is 16. The van der Waals surface area contributed by atoms with E-state index in [1.165, 1.54) is 77.0 Å². The molecule has 1 atom stereocenters. The van der Waals surface area contributed by atoms with Gasteiger partial charge in [-0.3, -0.25) is 0 Å². The van der Waals surface area contributed by atoms with Crippen molar-refractivity contribution in [2.75, 3.05) is 20.1 Å². The van der Waals surface area contributed by atoms with Crippen molar-refractivity contribution in [2.45, 2.75) is 103 Å². The standard InChI is InChI=1S/C19H41NO/c1-4-6-7-8-9-10-11-12-13-14-15-16-17-19(21)18-20(3)5-2/h19,21H,4-18H2,1-3H3. The van der Waals surface area contributed by atoms with E-state index >= 15 is 0 Å². The minimum absolute atomic E-state index is 0.127. The molecule has 0 saturated carbocycles. The molecular weight excluding hydrogens is 258 g/mol. The summed E-state index contributed by atoms with van der Waals surface area (Å²) in [5, 5.41) is 9.87. The Morgan fingerprint density at radius 2 is 1.14 bits per heavy atom. The fourth-order valence-corrected chi connectivity index (χ4v) is 2.80. The number of aliphatic hydroxyl groups is 1. The molecule has 0 aromatic heterocycles. The summed E-state index contributed by atoms with van der Waals surface area (Å²) >= 11 is 0. The topological polar surface area (TPSA) is 23.5 Å². The number of nitrogens with zero attached hydrogens (tertiary/aromatic N) is 1. The van der Waals surface area contributed by atoms with Crippen molar-refractivity contribution < 1.29 is 5.11 Å². The summed E-state index contributed by atoms with van der Waals surface area (Å²) in [5.41, 5.74) is 0. The molecule has 128 valence electrons. The van der Waals surface area contributed by atoms with Crippen molar-refractivity contribution in [3.05, 3.63) is 0 Å². The van der Waals surface area contributed by atoms with E-state index in [1.807, 2.05) is 0 Å². The first-order valence-electron chi connectivity index (χ1n) is 9.57. The van der Waals surface area contributed by atoms with Crippen LogP contribution in [0.1, 0.15) is 97.3 Å². The molecule has 0 rings (SSSR count). The first-order valence-corrected chi connectivity index (χ1v) is 9.57. The zero-order chi connectivity index (χ0) is 15.8. The number of hydrogen-bond donors (Lipinski definition) is 1. The molecule has 1 N–H and O–H groups in total. The minimum Gasteiger partial charge on any atom is -0.392 e. The third-order valence-electron chi connectivity index (χ3n) is 4.45. The van der Waals surface area contributed by atoms with Crippen LogP contribution in [-0.2, 0) is 0 Å². The van der Waals surface area contributed by atoms with E-state index in [9.17, 15) is 5.11 Å². The molecule has 0 aliphatic heterocycles. The first-order chi connectivity index (χ1) is 10.2. The van der Waals surface area contributed by atoms with Gasteiger partial charge in [-0.25, -0.2) is 0 Å². The lowest BCUT2D eigenvalue weighted by atomic mass is 10.0. The number of likely N-dealkylation sites (N-methyl/N-ethyl adjacent to an activating group) is 1. The highest BCUT2D eigenvalue weighted by Gasteiger charge is 2.06. The molecule has 0 spiro atoms. The Morgan fingerprint density at radius 3 is 1.57 bits per heavy atom. The third kappa shape index (κ3) is 16.1. The van der Waals surface area contributed by atoms with Crippen molar-refractivity contribution in [2.24, 2.45) is 0 Å². The van der Waals surface area contributed by atoms with Gasteiger partial charge in [0.15, 0.2) is 0 Å². The maximum atomic E-state index is 9.87. The second kappa shape index (κ2) is 16.3. The minimum atomic E-state index is -0.127. The van der Waals surface area contributed by atoms with Gasteiger partial charge >= 0.3 is 0 Å². The highest BCUT2D eigenvalue weighted by Crippen LogP contribution is 2.13. The van der Waals surface area contributed by atoms with Gasteiger partial charge in [0.1, 0.15) is 0 Å². The van der Waals surface area contributed by atoms with Gasteiger partial charge in [0.25, 0.3) is 0 Å². The lowest BCUT2D eigenvalue weighted by Crippen LogP contribution is -2.28. The van der Waals surface area contributed by atoms with Crippen LogP contribution >= 0.6 is 0 Å². The predicted octanol–water partition coefficient (Wildman–Crippen LogP) is 5.39. The molecular formula is C19H41NO. The lowest BCUT2D eigenvalue weighted by molar-refractivity contribution is 0.117. The van der Waals surface area contributed by atoms with Gasteiger partial charge < -0.3 is 10.0 Å². The Labute approximate surface area is 134 Å². The summed E-state index contributed by atoms with van der Waals surface area (Å²) in [4.78, 5) is 2.19. The van der Waals surface area contributed by atoms with E-state index in [1.54, 1.807) is 0 Å². The van der Waals surface area contributed by atoms with Gasteiger partial charge in [-0.15, -0.1) is 0 Å². The van der Waals surface area contributed by atoms with E-state index in [4.69, 9.17) is 0 Å². The smallest absolute Gasteiger partial charge is 0.0667 e. The molecule has 0 saturated heterocycles. The van der Waals surface area contributed by atoms with Gasteiger partial charge in [0.05, 0.1) is 6.10 Å². The predicted molar refractivity (Wildman–Crippen MR) is 94.9 cm³/mol. The lowest BCUT2D eigenvalue weighted by Gasteiger charge is -2.18. The number of hydrogen-bond acceptors (Lipinski definition) is 2. The van der Waals surface area contributed by atoms with Crippen LogP contribution in [0.2, 0.25) is 0 Å². The van der Waals surface area contributed by atoms with Gasteiger partial charge in [-0.2, -0.15) is 0 Å². The molecule has 0 aromatic rings. The Bertz CT molecular complexity index is 196. The van der Waals surface area contributed by atoms with Crippen LogP contribution in [0.5, 0.6) is 0 Å². The summed E-state index contributed by atoms with van der Waals surface area (Å²) < 4.78 is 0. The van der Waals surface area contributed by atoms with Crippen molar-refractivity contribution in [3.8, 4) is 0 Å². The number of unbranched alkanes of at least 4 members (excludes halogenated alkanes) is 11. The molecule has 0 aliphatic rings. The Hall–Kier alpha value is -0.0800. The Morgan fingerprint density at radius 1 is 0.714 bits per heavy atom. The molecule has 2 heteroatoms. The van der Waals surface area contributed by atoms with Gasteiger partial charge in [0.2, 0.25) is 0 Å². The molecule has 0 heterocycles. The average Bonchev–Trinajstić information content (AvgIpc) is 2.48. The molecule has 0 amide bonds. The van der Waals surface area contributed by atoms with Crippen molar-refractivity contribution >= 4 is 0 Å². The fourth-order valence-electron chi connectivity index (χ4n) is 2.80. The third-order valence-corrected chi connectivity index (χ3v) is 4.45. The molecule has 1 unspecified atom stereocenters. The van der Waals surface area contributed by atoms with Crippen LogP contribution < -0.4 is 0 Å². The zero-order valence-corrected chi connectivity index (χ0v) is 15.1. The van der Waals surface area contributed by atoms with Crippen LogP contribution in [0.25, 0.3) is 0 Å². The largest absolute Gasteiger partial charge is 0.392 e. The SMILES string of the molecule is CCCCCCCCCCCCCCC(O)CN(C)CC. The van der Waals surface area contributed by atoms with E-state index in [0.717, 1.165) is 19.5 Å². The van der Waals surface area contributed by atoms with E-state index in [0.29, 0.717) is 0 Å². The highest BCUT2D eigenvalue weighted by atomic mass is 16.3. The molecule has 0 bridgehead atoms. The summed E-state index contributed by atoms with van der Waals surface area (Å²) in [6, 6.07) is 0. The maximum Gasteiger partial charge on any atom is 0.0667 e.